The molecule has 0 aliphatic heterocycles. The summed E-state index contributed by atoms with van der Waals surface area (Å²) in [4.78, 5) is 24.2. The zero-order chi connectivity index (χ0) is 17.1. The second-order valence-corrected chi connectivity index (χ2v) is 5.68. The van der Waals surface area contributed by atoms with E-state index in [9.17, 15) is 4.79 Å². The Morgan fingerprint density at radius 2 is 1.84 bits per heavy atom. The average Bonchev–Trinajstić information content (AvgIpc) is 3.11. The number of nitrogens with zero attached hydrogens (tertiary/aromatic N) is 2. The summed E-state index contributed by atoms with van der Waals surface area (Å²) in [6.45, 7) is 0.407. The molecule has 25 heavy (non-hydrogen) atoms. The summed E-state index contributed by atoms with van der Waals surface area (Å²) in [5.74, 6) is -0.109. The molecule has 3 aromatic heterocycles. The van der Waals surface area contributed by atoms with Crippen molar-refractivity contribution in [2.24, 2.45) is 0 Å². The number of para-hydroxylation sites is 1. The monoisotopic (exact) mass is 328 g/mol. The molecule has 4 aromatic rings. The van der Waals surface area contributed by atoms with E-state index in [0.29, 0.717) is 12.1 Å². The van der Waals surface area contributed by atoms with Crippen LogP contribution >= 0.6 is 0 Å². The van der Waals surface area contributed by atoms with E-state index in [0.717, 1.165) is 27.7 Å². The standard InChI is InChI=1S/C20H16N4O/c25-20(17-13-23-18-6-2-1-5-16(17)18)24-12-15-4-3-9-22-19(15)14-7-10-21-11-8-14/h1-11,13,23H,12H2,(H,24,25). The topological polar surface area (TPSA) is 70.7 Å². The van der Waals surface area contributed by atoms with Crippen LogP contribution in [0.2, 0.25) is 0 Å². The van der Waals surface area contributed by atoms with Crippen molar-refractivity contribution < 1.29 is 4.79 Å². The molecule has 3 heterocycles. The molecule has 0 atom stereocenters. The Balaban J connectivity index is 1.57. The Hall–Kier alpha value is -3.47. The third-order valence-electron chi connectivity index (χ3n) is 4.12. The first kappa shape index (κ1) is 15.1. The lowest BCUT2D eigenvalue weighted by Gasteiger charge is -2.09. The molecule has 1 aromatic carbocycles. The van der Waals surface area contributed by atoms with Crippen LogP contribution in [0.5, 0.6) is 0 Å². The highest BCUT2D eigenvalue weighted by molar-refractivity contribution is 6.06. The van der Waals surface area contributed by atoms with Gasteiger partial charge in [0.1, 0.15) is 0 Å². The van der Waals surface area contributed by atoms with Crippen LogP contribution in [-0.4, -0.2) is 20.9 Å². The number of pyridine rings is 2. The third kappa shape index (κ3) is 2.99. The van der Waals surface area contributed by atoms with E-state index in [4.69, 9.17) is 0 Å². The number of nitrogens with one attached hydrogen (secondary N) is 2. The van der Waals surface area contributed by atoms with E-state index < -0.39 is 0 Å². The lowest BCUT2D eigenvalue weighted by molar-refractivity contribution is 0.0952. The molecular weight excluding hydrogens is 312 g/mol. The van der Waals surface area contributed by atoms with Gasteiger partial charge in [-0.05, 0) is 29.8 Å². The molecule has 0 unspecified atom stereocenters. The Bertz CT molecular complexity index is 1020. The molecule has 122 valence electrons. The van der Waals surface area contributed by atoms with Gasteiger partial charge in [0.05, 0.1) is 11.3 Å². The largest absolute Gasteiger partial charge is 0.360 e. The van der Waals surface area contributed by atoms with Crippen molar-refractivity contribution in [2.45, 2.75) is 6.54 Å². The molecule has 0 bridgehead atoms. The zero-order valence-corrected chi connectivity index (χ0v) is 13.4. The van der Waals surface area contributed by atoms with Crippen LogP contribution in [-0.2, 0) is 6.54 Å². The molecule has 0 spiro atoms. The fraction of sp³-hybridized carbons (Fsp3) is 0.0500. The molecule has 5 nitrogen and oxygen atoms in total. The normalized spacial score (nSPS) is 10.7. The van der Waals surface area contributed by atoms with Crippen LogP contribution in [0.1, 0.15) is 15.9 Å². The fourth-order valence-corrected chi connectivity index (χ4v) is 2.88. The maximum atomic E-state index is 12.6. The van der Waals surface area contributed by atoms with E-state index in [1.807, 2.05) is 48.5 Å². The Morgan fingerprint density at radius 1 is 1.00 bits per heavy atom. The molecule has 0 saturated carbocycles. The van der Waals surface area contributed by atoms with Crippen molar-refractivity contribution in [3.05, 3.63) is 84.4 Å². The number of benzene rings is 1. The number of amides is 1. The van der Waals surface area contributed by atoms with Gasteiger partial charge >= 0.3 is 0 Å². The van der Waals surface area contributed by atoms with Gasteiger partial charge in [0.25, 0.3) is 5.91 Å². The van der Waals surface area contributed by atoms with Crippen molar-refractivity contribution in [3.63, 3.8) is 0 Å². The number of fused-ring (bicyclic) bond motifs is 1. The van der Waals surface area contributed by atoms with Crippen molar-refractivity contribution in [1.29, 1.82) is 0 Å². The first-order valence-corrected chi connectivity index (χ1v) is 8.01. The fourth-order valence-electron chi connectivity index (χ4n) is 2.88. The lowest BCUT2D eigenvalue weighted by atomic mass is 10.1. The molecular formula is C20H16N4O. The molecule has 0 aliphatic rings. The van der Waals surface area contributed by atoms with Crippen molar-refractivity contribution >= 4 is 16.8 Å². The van der Waals surface area contributed by atoms with E-state index in [1.54, 1.807) is 24.8 Å². The number of aromatic nitrogens is 3. The van der Waals surface area contributed by atoms with Crippen LogP contribution in [0.4, 0.5) is 0 Å². The van der Waals surface area contributed by atoms with E-state index in [1.165, 1.54) is 0 Å². The Kier molecular flexibility index (Phi) is 3.96. The van der Waals surface area contributed by atoms with Gasteiger partial charge in [-0.3, -0.25) is 14.8 Å². The van der Waals surface area contributed by atoms with Crippen molar-refractivity contribution in [3.8, 4) is 11.3 Å². The summed E-state index contributed by atoms with van der Waals surface area (Å²) in [7, 11) is 0. The van der Waals surface area contributed by atoms with Crippen LogP contribution in [0, 0.1) is 0 Å². The minimum absolute atomic E-state index is 0.109. The van der Waals surface area contributed by atoms with Gasteiger partial charge in [-0.2, -0.15) is 0 Å². The third-order valence-corrected chi connectivity index (χ3v) is 4.12. The van der Waals surface area contributed by atoms with E-state index in [-0.39, 0.29) is 5.91 Å². The van der Waals surface area contributed by atoms with Gasteiger partial charge in [0.2, 0.25) is 0 Å². The summed E-state index contributed by atoms with van der Waals surface area (Å²) < 4.78 is 0. The number of carbonyl (C=O) groups excluding carboxylic acids is 1. The summed E-state index contributed by atoms with van der Waals surface area (Å²) in [6.07, 6.45) is 6.96. The van der Waals surface area contributed by atoms with Gasteiger partial charge in [0, 0.05) is 47.8 Å². The predicted molar refractivity (Wildman–Crippen MR) is 96.9 cm³/mol. The van der Waals surface area contributed by atoms with Gasteiger partial charge < -0.3 is 10.3 Å². The summed E-state index contributed by atoms with van der Waals surface area (Å²) in [5.41, 5.74) is 4.38. The molecule has 5 heteroatoms. The molecule has 0 fully saturated rings. The SMILES string of the molecule is O=C(NCc1cccnc1-c1ccncc1)c1c[nH]c2ccccc12. The number of H-pyrrole nitrogens is 1. The van der Waals surface area contributed by atoms with E-state index >= 15 is 0 Å². The van der Waals surface area contributed by atoms with Crippen LogP contribution in [0.15, 0.2) is 73.3 Å². The first-order chi connectivity index (χ1) is 12.3. The summed E-state index contributed by atoms with van der Waals surface area (Å²) in [5, 5.41) is 3.91. The highest BCUT2D eigenvalue weighted by Crippen LogP contribution is 2.21. The molecule has 0 radical (unpaired) electrons. The van der Waals surface area contributed by atoms with Crippen LogP contribution in [0.3, 0.4) is 0 Å². The highest BCUT2D eigenvalue weighted by Gasteiger charge is 2.13. The second kappa shape index (κ2) is 6.57. The van der Waals surface area contributed by atoms with E-state index in [2.05, 4.69) is 20.3 Å². The van der Waals surface area contributed by atoms with Crippen molar-refractivity contribution in [1.82, 2.24) is 20.3 Å². The van der Waals surface area contributed by atoms with Crippen LogP contribution < -0.4 is 5.32 Å². The number of aromatic amines is 1. The minimum Gasteiger partial charge on any atom is -0.360 e. The molecule has 2 N–H and O–H groups in total. The van der Waals surface area contributed by atoms with Gasteiger partial charge in [-0.1, -0.05) is 24.3 Å². The molecule has 1 amide bonds. The Labute approximate surface area is 144 Å². The number of carbonyl (C=O) groups is 1. The van der Waals surface area contributed by atoms with Gasteiger partial charge in [0.15, 0.2) is 0 Å². The first-order valence-electron chi connectivity index (χ1n) is 8.01. The summed E-state index contributed by atoms with van der Waals surface area (Å²) >= 11 is 0. The smallest absolute Gasteiger partial charge is 0.253 e. The molecule has 4 rings (SSSR count). The predicted octanol–water partition coefficient (Wildman–Crippen LogP) is 3.55. The highest BCUT2D eigenvalue weighted by atomic mass is 16.1. The quantitative estimate of drug-likeness (QED) is 0.602. The van der Waals surface area contributed by atoms with Gasteiger partial charge in [-0.15, -0.1) is 0 Å². The van der Waals surface area contributed by atoms with Crippen LogP contribution in [0.25, 0.3) is 22.2 Å². The second-order valence-electron chi connectivity index (χ2n) is 5.68. The zero-order valence-electron chi connectivity index (χ0n) is 13.4. The lowest BCUT2D eigenvalue weighted by Crippen LogP contribution is -2.23. The Morgan fingerprint density at radius 3 is 2.72 bits per heavy atom. The maximum Gasteiger partial charge on any atom is 0.253 e. The molecule has 0 aliphatic carbocycles. The minimum atomic E-state index is -0.109. The number of hydrogen-bond donors (Lipinski definition) is 2. The molecule has 0 saturated heterocycles. The number of rotatable bonds is 4. The van der Waals surface area contributed by atoms with Gasteiger partial charge in [-0.25, -0.2) is 0 Å². The maximum absolute atomic E-state index is 12.6. The number of hydrogen-bond acceptors (Lipinski definition) is 3. The summed E-state index contributed by atoms with van der Waals surface area (Å²) in [6, 6.07) is 15.4. The van der Waals surface area contributed by atoms with Crippen molar-refractivity contribution in [2.75, 3.05) is 0 Å². The average molecular weight is 328 g/mol.